The first-order valence-corrected chi connectivity index (χ1v) is 9.82. The normalized spacial score (nSPS) is 16.5. The molecular weight excluding hydrogens is 316 g/mol. The van der Waals surface area contributed by atoms with Crippen molar-refractivity contribution in [1.82, 2.24) is 15.5 Å². The maximum absolute atomic E-state index is 11.9. The summed E-state index contributed by atoms with van der Waals surface area (Å²) in [5, 5.41) is 15.7. The van der Waals surface area contributed by atoms with E-state index in [1.807, 2.05) is 13.8 Å². The topological polar surface area (TPSA) is 66.9 Å². The Morgan fingerprint density at radius 3 is 2.73 bits per heavy atom. The third-order valence-corrected chi connectivity index (χ3v) is 6.02. The van der Waals surface area contributed by atoms with Crippen LogP contribution in [-0.4, -0.2) is 33.4 Å². The van der Waals surface area contributed by atoms with Crippen molar-refractivity contribution in [3.63, 3.8) is 0 Å². The minimum Gasteiger partial charge on any atom is -0.357 e. The molecule has 22 heavy (non-hydrogen) atoms. The molecule has 0 bridgehead atoms. The van der Waals surface area contributed by atoms with E-state index in [0.717, 1.165) is 15.9 Å². The van der Waals surface area contributed by atoms with Crippen molar-refractivity contribution >= 4 is 34.1 Å². The zero-order valence-electron chi connectivity index (χ0n) is 13.6. The number of nitrogens with one attached hydrogen (secondary N) is 2. The van der Waals surface area contributed by atoms with Crippen molar-refractivity contribution < 1.29 is 4.79 Å². The zero-order valence-corrected chi connectivity index (χ0v) is 15.3. The van der Waals surface area contributed by atoms with E-state index < -0.39 is 0 Å². The van der Waals surface area contributed by atoms with Crippen molar-refractivity contribution in [2.24, 2.45) is 0 Å². The fourth-order valence-electron chi connectivity index (χ4n) is 2.38. The lowest BCUT2D eigenvalue weighted by atomic mass is 9.96. The molecule has 0 unspecified atom stereocenters. The van der Waals surface area contributed by atoms with Gasteiger partial charge in [0.05, 0.1) is 5.75 Å². The monoisotopic (exact) mass is 342 g/mol. The van der Waals surface area contributed by atoms with Crippen molar-refractivity contribution in [2.45, 2.75) is 75.2 Å². The molecule has 0 aliphatic heterocycles. The Kier molecular flexibility index (Phi) is 6.50. The summed E-state index contributed by atoms with van der Waals surface area (Å²) in [6, 6.07) is 0.535. The standard InChI is InChI=1S/C15H26N4OS2/c1-4-15(2,3)17-12(20)10-21-14-19-18-13(22-14)16-11-8-6-5-7-9-11/h11H,4-10H2,1-3H3,(H,16,18)(H,17,20). The Bertz CT molecular complexity index is 484. The minimum absolute atomic E-state index is 0.0499. The summed E-state index contributed by atoms with van der Waals surface area (Å²) < 4.78 is 0.850. The van der Waals surface area contributed by atoms with Crippen LogP contribution in [-0.2, 0) is 4.79 Å². The average molecular weight is 343 g/mol. The number of hydrogen-bond donors (Lipinski definition) is 2. The quantitative estimate of drug-likeness (QED) is 0.740. The zero-order chi connectivity index (χ0) is 16.0. The molecule has 1 aliphatic carbocycles. The summed E-state index contributed by atoms with van der Waals surface area (Å²) in [5.41, 5.74) is -0.146. The Morgan fingerprint density at radius 2 is 2.05 bits per heavy atom. The lowest BCUT2D eigenvalue weighted by Crippen LogP contribution is -2.43. The molecule has 1 fully saturated rings. The highest BCUT2D eigenvalue weighted by atomic mass is 32.2. The minimum atomic E-state index is -0.146. The van der Waals surface area contributed by atoms with Gasteiger partial charge in [0.25, 0.3) is 0 Å². The molecule has 0 saturated heterocycles. The van der Waals surface area contributed by atoms with Gasteiger partial charge in [-0.2, -0.15) is 0 Å². The van der Waals surface area contributed by atoms with Gasteiger partial charge in [-0.25, -0.2) is 0 Å². The van der Waals surface area contributed by atoms with Gasteiger partial charge in [-0.3, -0.25) is 4.79 Å². The summed E-state index contributed by atoms with van der Waals surface area (Å²) in [5.74, 6) is 0.440. The van der Waals surface area contributed by atoms with Crippen LogP contribution in [0.3, 0.4) is 0 Å². The van der Waals surface area contributed by atoms with E-state index >= 15 is 0 Å². The number of carbonyl (C=O) groups is 1. The predicted octanol–water partition coefficient (Wildman–Crippen LogP) is 3.68. The first-order valence-electron chi connectivity index (χ1n) is 8.02. The molecule has 0 spiro atoms. The largest absolute Gasteiger partial charge is 0.357 e. The van der Waals surface area contributed by atoms with Gasteiger partial charge >= 0.3 is 0 Å². The van der Waals surface area contributed by atoms with Crippen LogP contribution in [0.2, 0.25) is 0 Å². The molecule has 1 aliphatic rings. The fraction of sp³-hybridized carbons (Fsp3) is 0.800. The summed E-state index contributed by atoms with van der Waals surface area (Å²) in [7, 11) is 0. The van der Waals surface area contributed by atoms with Gasteiger partial charge in [0, 0.05) is 11.6 Å². The van der Waals surface area contributed by atoms with E-state index in [2.05, 4.69) is 27.8 Å². The SMILES string of the molecule is CCC(C)(C)NC(=O)CSc1nnc(NC2CCCCC2)s1. The maximum Gasteiger partial charge on any atom is 0.230 e. The second kappa shape index (κ2) is 8.15. The third-order valence-electron chi connectivity index (χ3n) is 4.03. The van der Waals surface area contributed by atoms with Crippen molar-refractivity contribution in [2.75, 3.05) is 11.1 Å². The summed E-state index contributed by atoms with van der Waals surface area (Å²) in [6.07, 6.45) is 7.29. The number of hydrogen-bond acceptors (Lipinski definition) is 6. The molecule has 2 N–H and O–H groups in total. The molecule has 0 aromatic carbocycles. The molecule has 124 valence electrons. The lowest BCUT2D eigenvalue weighted by molar-refractivity contribution is -0.120. The molecule has 0 radical (unpaired) electrons. The van der Waals surface area contributed by atoms with E-state index in [4.69, 9.17) is 0 Å². The first-order chi connectivity index (χ1) is 10.5. The van der Waals surface area contributed by atoms with E-state index in [9.17, 15) is 4.79 Å². The molecule has 2 rings (SSSR count). The van der Waals surface area contributed by atoms with Crippen LogP contribution in [0, 0.1) is 0 Å². The Hall–Kier alpha value is -0.820. The van der Waals surface area contributed by atoms with Crippen LogP contribution in [0.25, 0.3) is 0 Å². The van der Waals surface area contributed by atoms with Crippen LogP contribution < -0.4 is 10.6 Å². The highest BCUT2D eigenvalue weighted by Crippen LogP contribution is 2.28. The van der Waals surface area contributed by atoms with Crippen molar-refractivity contribution in [3.8, 4) is 0 Å². The van der Waals surface area contributed by atoms with Gasteiger partial charge in [0.2, 0.25) is 11.0 Å². The number of nitrogens with zero attached hydrogens (tertiary/aromatic N) is 2. The number of amides is 1. The first kappa shape index (κ1) is 17.5. The van der Waals surface area contributed by atoms with Gasteiger partial charge in [-0.05, 0) is 33.1 Å². The van der Waals surface area contributed by atoms with E-state index in [1.165, 1.54) is 43.9 Å². The fourth-order valence-corrected chi connectivity index (χ4v) is 4.01. The molecule has 1 amide bonds. The second-order valence-electron chi connectivity index (χ2n) is 6.43. The van der Waals surface area contributed by atoms with Gasteiger partial charge in [0.1, 0.15) is 0 Å². The summed E-state index contributed by atoms with van der Waals surface area (Å²) in [6.45, 7) is 6.14. The number of rotatable bonds is 7. The highest BCUT2D eigenvalue weighted by molar-refractivity contribution is 8.01. The van der Waals surface area contributed by atoms with Crippen molar-refractivity contribution in [1.29, 1.82) is 0 Å². The molecule has 1 aromatic heterocycles. The number of carbonyl (C=O) groups excluding carboxylic acids is 1. The van der Waals surface area contributed by atoms with E-state index in [1.54, 1.807) is 11.3 Å². The molecular formula is C15H26N4OS2. The molecule has 5 nitrogen and oxygen atoms in total. The molecule has 1 saturated carbocycles. The number of aromatic nitrogens is 2. The summed E-state index contributed by atoms with van der Waals surface area (Å²) >= 11 is 3.00. The number of anilines is 1. The molecule has 1 aromatic rings. The highest BCUT2D eigenvalue weighted by Gasteiger charge is 2.19. The second-order valence-corrected chi connectivity index (χ2v) is 8.63. The van der Waals surface area contributed by atoms with Crippen LogP contribution >= 0.6 is 23.1 Å². The van der Waals surface area contributed by atoms with Gasteiger partial charge in [-0.1, -0.05) is 49.3 Å². The Labute approximate surface area is 141 Å². The average Bonchev–Trinajstić information content (AvgIpc) is 2.93. The van der Waals surface area contributed by atoms with Crippen LogP contribution in [0.5, 0.6) is 0 Å². The molecule has 1 heterocycles. The number of thioether (sulfide) groups is 1. The smallest absolute Gasteiger partial charge is 0.230 e. The van der Waals surface area contributed by atoms with Gasteiger partial charge in [0.15, 0.2) is 4.34 Å². The van der Waals surface area contributed by atoms with Crippen molar-refractivity contribution in [3.05, 3.63) is 0 Å². The Morgan fingerprint density at radius 1 is 1.32 bits per heavy atom. The predicted molar refractivity (Wildman–Crippen MR) is 93.6 cm³/mol. The van der Waals surface area contributed by atoms with Gasteiger partial charge < -0.3 is 10.6 Å². The third kappa shape index (κ3) is 5.76. The summed E-state index contributed by atoms with van der Waals surface area (Å²) in [4.78, 5) is 11.9. The van der Waals surface area contributed by atoms with Gasteiger partial charge in [-0.15, -0.1) is 10.2 Å². The maximum atomic E-state index is 11.9. The lowest BCUT2D eigenvalue weighted by Gasteiger charge is -2.24. The van der Waals surface area contributed by atoms with Crippen LogP contribution in [0.4, 0.5) is 5.13 Å². The van der Waals surface area contributed by atoms with E-state index in [-0.39, 0.29) is 11.4 Å². The molecule has 7 heteroatoms. The van der Waals surface area contributed by atoms with E-state index in [0.29, 0.717) is 11.8 Å². The Balaban J connectivity index is 1.75. The van der Waals surface area contributed by atoms with Crippen LogP contribution in [0.1, 0.15) is 59.3 Å². The van der Waals surface area contributed by atoms with Crippen LogP contribution in [0.15, 0.2) is 4.34 Å². The molecule has 0 atom stereocenters.